The molecule has 1 aromatic carbocycles. The number of nitriles is 2. The highest BCUT2D eigenvalue weighted by molar-refractivity contribution is 9.10. The van der Waals surface area contributed by atoms with Crippen molar-refractivity contribution in [1.82, 2.24) is 0 Å². The Morgan fingerprint density at radius 3 is 2.32 bits per heavy atom. The maximum absolute atomic E-state index is 13.0. The fraction of sp³-hybridized carbons (Fsp3) is 0.0909. The Labute approximate surface area is 113 Å². The molecule has 1 aromatic rings. The number of nitrogens with zero attached hydrogens (tertiary/aromatic N) is 2. The third-order valence-corrected chi connectivity index (χ3v) is 2.59. The standard InChI is InChI=1S/C11H4BrF4N3/c12-9-2-7(13)1-8(11(14,15)16)10(9)19-5-6(3-17)4-18/h1-2,5,19H. The van der Waals surface area contributed by atoms with E-state index in [1.807, 2.05) is 0 Å². The summed E-state index contributed by atoms with van der Waals surface area (Å²) in [5, 5.41) is 19.1. The summed E-state index contributed by atoms with van der Waals surface area (Å²) in [7, 11) is 0. The molecule has 0 atom stereocenters. The maximum Gasteiger partial charge on any atom is 0.418 e. The predicted octanol–water partition coefficient (Wildman–Crippen LogP) is 3.95. The van der Waals surface area contributed by atoms with Gasteiger partial charge in [0.1, 0.15) is 23.5 Å². The quantitative estimate of drug-likeness (QED) is 0.658. The van der Waals surface area contributed by atoms with Crippen LogP contribution in [0.1, 0.15) is 5.56 Å². The molecule has 98 valence electrons. The van der Waals surface area contributed by atoms with Crippen LogP contribution >= 0.6 is 15.9 Å². The van der Waals surface area contributed by atoms with Crippen molar-refractivity contribution in [1.29, 1.82) is 10.5 Å². The van der Waals surface area contributed by atoms with Gasteiger partial charge in [0.15, 0.2) is 0 Å². The Hall–Kier alpha value is -2.06. The Bertz CT molecular complexity index is 592. The summed E-state index contributed by atoms with van der Waals surface area (Å²) in [5.74, 6) is -1.06. The minimum Gasteiger partial charge on any atom is -0.358 e. The highest BCUT2D eigenvalue weighted by atomic mass is 79.9. The van der Waals surface area contributed by atoms with Gasteiger partial charge in [0.05, 0.1) is 11.3 Å². The molecule has 0 heterocycles. The van der Waals surface area contributed by atoms with E-state index in [4.69, 9.17) is 10.5 Å². The van der Waals surface area contributed by atoms with Crippen LogP contribution in [0.5, 0.6) is 0 Å². The zero-order valence-corrected chi connectivity index (χ0v) is 10.6. The van der Waals surface area contributed by atoms with Crippen molar-refractivity contribution < 1.29 is 17.6 Å². The molecule has 0 amide bonds. The van der Waals surface area contributed by atoms with Gasteiger partial charge in [-0.2, -0.15) is 23.7 Å². The second kappa shape index (κ2) is 5.72. The molecule has 0 aliphatic carbocycles. The van der Waals surface area contributed by atoms with Crippen LogP contribution in [-0.4, -0.2) is 0 Å². The van der Waals surface area contributed by atoms with Crippen molar-refractivity contribution in [2.45, 2.75) is 6.18 Å². The van der Waals surface area contributed by atoms with Crippen molar-refractivity contribution in [2.24, 2.45) is 0 Å². The topological polar surface area (TPSA) is 59.6 Å². The lowest BCUT2D eigenvalue weighted by atomic mass is 10.1. The molecule has 0 unspecified atom stereocenters. The number of nitrogens with one attached hydrogen (secondary N) is 1. The van der Waals surface area contributed by atoms with Crippen LogP contribution in [0.3, 0.4) is 0 Å². The maximum atomic E-state index is 13.0. The third-order valence-electron chi connectivity index (χ3n) is 1.96. The second-order valence-electron chi connectivity index (χ2n) is 3.23. The second-order valence-corrected chi connectivity index (χ2v) is 4.09. The zero-order valence-electron chi connectivity index (χ0n) is 9.02. The lowest BCUT2D eigenvalue weighted by Crippen LogP contribution is -2.10. The van der Waals surface area contributed by atoms with E-state index in [2.05, 4.69) is 21.2 Å². The number of anilines is 1. The average Bonchev–Trinajstić information content (AvgIpc) is 2.30. The van der Waals surface area contributed by atoms with Gasteiger partial charge >= 0.3 is 6.18 Å². The van der Waals surface area contributed by atoms with Gasteiger partial charge in [0.2, 0.25) is 0 Å². The van der Waals surface area contributed by atoms with E-state index in [9.17, 15) is 17.6 Å². The van der Waals surface area contributed by atoms with E-state index in [-0.39, 0.29) is 4.47 Å². The minimum absolute atomic E-state index is 0.175. The SMILES string of the molecule is N#CC(C#N)=CNc1c(Br)cc(F)cc1C(F)(F)F. The third kappa shape index (κ3) is 3.70. The predicted molar refractivity (Wildman–Crippen MR) is 62.0 cm³/mol. The number of halogens is 5. The molecule has 0 saturated heterocycles. The largest absolute Gasteiger partial charge is 0.418 e. The van der Waals surface area contributed by atoms with E-state index in [1.54, 1.807) is 0 Å². The Kier molecular flexibility index (Phi) is 4.52. The molecule has 0 bridgehead atoms. The molecule has 8 heteroatoms. The van der Waals surface area contributed by atoms with Gasteiger partial charge in [0.25, 0.3) is 0 Å². The summed E-state index contributed by atoms with van der Waals surface area (Å²) < 4.78 is 51.0. The molecule has 3 nitrogen and oxygen atoms in total. The molecule has 1 N–H and O–H groups in total. The molecule has 0 aromatic heterocycles. The summed E-state index contributed by atoms with van der Waals surface area (Å²) in [6, 6.07) is 4.11. The fourth-order valence-corrected chi connectivity index (χ4v) is 1.72. The number of allylic oxidation sites excluding steroid dienone is 1. The van der Waals surface area contributed by atoms with E-state index >= 15 is 0 Å². The number of alkyl halides is 3. The van der Waals surface area contributed by atoms with Crippen LogP contribution in [-0.2, 0) is 6.18 Å². The Balaban J connectivity index is 3.32. The first-order chi connectivity index (χ1) is 8.79. The molecular weight excluding hydrogens is 330 g/mol. The van der Waals surface area contributed by atoms with Crippen LogP contribution in [0, 0.1) is 28.5 Å². The monoisotopic (exact) mass is 333 g/mol. The summed E-state index contributed by atoms with van der Waals surface area (Å²) in [4.78, 5) is 0. The van der Waals surface area contributed by atoms with Crippen molar-refractivity contribution in [3.8, 4) is 12.1 Å². The van der Waals surface area contributed by atoms with Gasteiger partial charge in [-0.1, -0.05) is 0 Å². The molecule has 19 heavy (non-hydrogen) atoms. The fourth-order valence-electron chi connectivity index (χ4n) is 1.18. The van der Waals surface area contributed by atoms with Crippen molar-refractivity contribution >= 4 is 21.6 Å². The summed E-state index contributed by atoms with van der Waals surface area (Å²) >= 11 is 2.79. The van der Waals surface area contributed by atoms with Crippen LogP contribution in [0.25, 0.3) is 0 Å². The van der Waals surface area contributed by atoms with Crippen molar-refractivity contribution in [3.63, 3.8) is 0 Å². The van der Waals surface area contributed by atoms with Crippen LogP contribution < -0.4 is 5.32 Å². The molecule has 0 spiro atoms. The molecule has 0 aliphatic rings. The number of hydrogen-bond donors (Lipinski definition) is 1. The molecule has 0 saturated carbocycles. The van der Waals surface area contributed by atoms with Crippen LogP contribution in [0.15, 0.2) is 28.4 Å². The Morgan fingerprint density at radius 1 is 1.26 bits per heavy atom. The van der Waals surface area contributed by atoms with Crippen molar-refractivity contribution in [2.75, 3.05) is 5.32 Å². The molecular formula is C11H4BrF4N3. The lowest BCUT2D eigenvalue weighted by Gasteiger charge is -2.14. The van der Waals surface area contributed by atoms with E-state index in [1.165, 1.54) is 12.1 Å². The average molecular weight is 334 g/mol. The molecule has 0 aliphatic heterocycles. The first kappa shape index (κ1) is 15.0. The van der Waals surface area contributed by atoms with E-state index < -0.39 is 28.8 Å². The van der Waals surface area contributed by atoms with E-state index in [0.717, 1.165) is 12.3 Å². The van der Waals surface area contributed by atoms with Crippen LogP contribution in [0.4, 0.5) is 23.2 Å². The summed E-state index contributed by atoms with van der Waals surface area (Å²) in [5.41, 5.74) is -2.13. The van der Waals surface area contributed by atoms with Gasteiger partial charge in [-0.3, -0.25) is 0 Å². The van der Waals surface area contributed by atoms with Gasteiger partial charge < -0.3 is 5.32 Å². The highest BCUT2D eigenvalue weighted by Gasteiger charge is 2.35. The first-order valence-corrected chi connectivity index (χ1v) is 5.42. The number of benzene rings is 1. The minimum atomic E-state index is -4.78. The van der Waals surface area contributed by atoms with Gasteiger partial charge in [-0.25, -0.2) is 4.39 Å². The Morgan fingerprint density at radius 2 is 1.84 bits per heavy atom. The number of hydrogen-bond acceptors (Lipinski definition) is 3. The lowest BCUT2D eigenvalue weighted by molar-refractivity contribution is -0.137. The zero-order chi connectivity index (χ0) is 14.6. The van der Waals surface area contributed by atoms with Gasteiger partial charge in [-0.15, -0.1) is 0 Å². The summed E-state index contributed by atoms with van der Waals surface area (Å²) in [6.45, 7) is 0. The van der Waals surface area contributed by atoms with E-state index in [0.29, 0.717) is 6.07 Å². The van der Waals surface area contributed by atoms with Gasteiger partial charge in [-0.05, 0) is 28.1 Å². The molecule has 0 radical (unpaired) electrons. The van der Waals surface area contributed by atoms with Crippen molar-refractivity contribution in [3.05, 3.63) is 39.8 Å². The summed E-state index contributed by atoms with van der Waals surface area (Å²) in [6.07, 6.45) is -3.96. The molecule has 0 fully saturated rings. The smallest absolute Gasteiger partial charge is 0.358 e. The normalized spacial score (nSPS) is 10.3. The molecule has 1 rings (SSSR count). The number of rotatable bonds is 2. The highest BCUT2D eigenvalue weighted by Crippen LogP contribution is 2.39. The van der Waals surface area contributed by atoms with Gasteiger partial charge in [0, 0.05) is 10.7 Å². The first-order valence-electron chi connectivity index (χ1n) is 4.62. The van der Waals surface area contributed by atoms with Crippen LogP contribution in [0.2, 0.25) is 0 Å².